The molecule has 4 nitrogen and oxygen atoms in total. The maximum absolute atomic E-state index is 11.2. The van der Waals surface area contributed by atoms with Crippen molar-refractivity contribution < 1.29 is 9.90 Å². The Morgan fingerprint density at radius 3 is 2.65 bits per heavy atom. The fourth-order valence-electron chi connectivity index (χ4n) is 2.40. The SMILES string of the molecule is Cc1nn(Cc2ccccc2Br)c(C)c1C(C)C(=O)O. The number of carbonyl (C=O) groups is 1. The van der Waals surface area contributed by atoms with Gasteiger partial charge < -0.3 is 5.11 Å². The first-order valence-electron chi connectivity index (χ1n) is 6.42. The van der Waals surface area contributed by atoms with Crippen molar-refractivity contribution in [1.82, 2.24) is 9.78 Å². The fourth-order valence-corrected chi connectivity index (χ4v) is 2.81. The largest absolute Gasteiger partial charge is 0.481 e. The number of aliphatic carboxylic acids is 1. The van der Waals surface area contributed by atoms with E-state index < -0.39 is 11.9 Å². The van der Waals surface area contributed by atoms with Crippen LogP contribution in [0.3, 0.4) is 0 Å². The van der Waals surface area contributed by atoms with Gasteiger partial charge in [0.05, 0.1) is 18.2 Å². The third-order valence-electron chi connectivity index (χ3n) is 3.52. The van der Waals surface area contributed by atoms with Crippen molar-refractivity contribution in [1.29, 1.82) is 0 Å². The summed E-state index contributed by atoms with van der Waals surface area (Å²) >= 11 is 3.52. The molecule has 1 N–H and O–H groups in total. The van der Waals surface area contributed by atoms with E-state index in [9.17, 15) is 9.90 Å². The maximum Gasteiger partial charge on any atom is 0.310 e. The number of aromatic nitrogens is 2. The summed E-state index contributed by atoms with van der Waals surface area (Å²) in [5, 5.41) is 13.7. The van der Waals surface area contributed by atoms with E-state index in [1.165, 1.54) is 0 Å². The Labute approximate surface area is 126 Å². The van der Waals surface area contributed by atoms with Crippen molar-refractivity contribution >= 4 is 21.9 Å². The lowest BCUT2D eigenvalue weighted by molar-refractivity contribution is -0.138. The van der Waals surface area contributed by atoms with E-state index in [-0.39, 0.29) is 0 Å². The van der Waals surface area contributed by atoms with Gasteiger partial charge in [-0.15, -0.1) is 0 Å². The van der Waals surface area contributed by atoms with Crippen LogP contribution in [0.1, 0.15) is 35.4 Å². The Kier molecular flexibility index (Phi) is 4.28. The number of hydrogen-bond donors (Lipinski definition) is 1. The zero-order chi connectivity index (χ0) is 14.9. The number of benzene rings is 1. The van der Waals surface area contributed by atoms with Crippen molar-refractivity contribution in [3.8, 4) is 0 Å². The molecule has 2 aromatic rings. The van der Waals surface area contributed by atoms with E-state index in [0.29, 0.717) is 6.54 Å². The minimum atomic E-state index is -0.823. The molecule has 0 saturated carbocycles. The molecular formula is C15H17BrN2O2. The predicted octanol–water partition coefficient (Wildman–Crippen LogP) is 3.50. The van der Waals surface area contributed by atoms with Crippen LogP contribution in [0.4, 0.5) is 0 Å². The summed E-state index contributed by atoms with van der Waals surface area (Å²) in [6.45, 7) is 6.10. The number of carboxylic acid groups (broad SMARTS) is 1. The highest BCUT2D eigenvalue weighted by Crippen LogP contribution is 2.25. The number of rotatable bonds is 4. The molecule has 0 aliphatic carbocycles. The molecule has 1 atom stereocenters. The van der Waals surface area contributed by atoms with Crippen molar-refractivity contribution in [3.63, 3.8) is 0 Å². The molecule has 106 valence electrons. The normalized spacial score (nSPS) is 12.4. The lowest BCUT2D eigenvalue weighted by Gasteiger charge is -2.09. The quantitative estimate of drug-likeness (QED) is 0.929. The van der Waals surface area contributed by atoms with Gasteiger partial charge in [-0.05, 0) is 32.4 Å². The van der Waals surface area contributed by atoms with Crippen LogP contribution in [0.25, 0.3) is 0 Å². The molecule has 0 fully saturated rings. The Bertz CT molecular complexity index is 649. The molecule has 1 unspecified atom stereocenters. The number of carboxylic acids is 1. The second-order valence-corrected chi connectivity index (χ2v) is 5.75. The van der Waals surface area contributed by atoms with Crippen LogP contribution in [0, 0.1) is 13.8 Å². The number of halogens is 1. The van der Waals surface area contributed by atoms with E-state index in [0.717, 1.165) is 27.0 Å². The summed E-state index contributed by atoms with van der Waals surface area (Å²) in [5.41, 5.74) is 3.62. The molecule has 5 heteroatoms. The molecule has 0 aliphatic heterocycles. The molecule has 0 spiro atoms. The summed E-state index contributed by atoms with van der Waals surface area (Å²) in [6, 6.07) is 7.96. The van der Waals surface area contributed by atoms with E-state index in [1.54, 1.807) is 6.92 Å². The first-order chi connectivity index (χ1) is 9.41. The van der Waals surface area contributed by atoms with Gasteiger partial charge in [0.15, 0.2) is 0 Å². The zero-order valence-corrected chi connectivity index (χ0v) is 13.3. The van der Waals surface area contributed by atoms with E-state index in [4.69, 9.17) is 0 Å². The van der Waals surface area contributed by atoms with Gasteiger partial charge in [-0.25, -0.2) is 0 Å². The van der Waals surface area contributed by atoms with Crippen LogP contribution in [-0.4, -0.2) is 20.9 Å². The molecule has 1 aromatic heterocycles. The number of hydrogen-bond acceptors (Lipinski definition) is 2. The standard InChI is InChI=1S/C15H17BrN2O2/c1-9(15(19)20)14-10(2)17-18(11(14)3)8-12-6-4-5-7-13(12)16/h4-7,9H,8H2,1-3H3,(H,19,20). The lowest BCUT2D eigenvalue weighted by Crippen LogP contribution is -2.10. The summed E-state index contributed by atoms with van der Waals surface area (Å²) in [5.74, 6) is -1.36. The highest BCUT2D eigenvalue weighted by Gasteiger charge is 2.22. The Morgan fingerprint density at radius 1 is 1.40 bits per heavy atom. The van der Waals surface area contributed by atoms with E-state index >= 15 is 0 Å². The van der Waals surface area contributed by atoms with Crippen molar-refractivity contribution in [2.45, 2.75) is 33.2 Å². The van der Waals surface area contributed by atoms with Gasteiger partial charge in [0, 0.05) is 15.7 Å². The third kappa shape index (κ3) is 2.77. The van der Waals surface area contributed by atoms with E-state index in [1.807, 2.05) is 42.8 Å². The Morgan fingerprint density at radius 2 is 2.05 bits per heavy atom. The third-order valence-corrected chi connectivity index (χ3v) is 4.29. The summed E-state index contributed by atoms with van der Waals surface area (Å²) in [7, 11) is 0. The number of nitrogens with zero attached hydrogens (tertiary/aromatic N) is 2. The Balaban J connectivity index is 2.38. The van der Waals surface area contributed by atoms with Gasteiger partial charge >= 0.3 is 5.97 Å². The monoisotopic (exact) mass is 336 g/mol. The van der Waals surface area contributed by atoms with E-state index in [2.05, 4.69) is 21.0 Å². The topological polar surface area (TPSA) is 55.1 Å². The molecule has 20 heavy (non-hydrogen) atoms. The molecule has 0 saturated heterocycles. The minimum absolute atomic E-state index is 0.539. The first kappa shape index (κ1) is 14.8. The summed E-state index contributed by atoms with van der Waals surface area (Å²) in [6.07, 6.45) is 0. The van der Waals surface area contributed by atoms with Gasteiger partial charge in [-0.2, -0.15) is 5.10 Å². The van der Waals surface area contributed by atoms with Crippen LogP contribution in [-0.2, 0) is 11.3 Å². The average molecular weight is 337 g/mol. The summed E-state index contributed by atoms with van der Waals surface area (Å²) in [4.78, 5) is 11.2. The first-order valence-corrected chi connectivity index (χ1v) is 7.21. The Hall–Kier alpha value is -1.62. The van der Waals surface area contributed by atoms with Gasteiger partial charge in [-0.3, -0.25) is 9.48 Å². The van der Waals surface area contributed by atoms with Gasteiger partial charge in [-0.1, -0.05) is 34.1 Å². The summed E-state index contributed by atoms with van der Waals surface area (Å²) < 4.78 is 2.89. The van der Waals surface area contributed by atoms with Crippen molar-refractivity contribution in [2.24, 2.45) is 0 Å². The van der Waals surface area contributed by atoms with Crippen molar-refractivity contribution in [2.75, 3.05) is 0 Å². The minimum Gasteiger partial charge on any atom is -0.481 e. The smallest absolute Gasteiger partial charge is 0.310 e. The van der Waals surface area contributed by atoms with Crippen LogP contribution in [0.5, 0.6) is 0 Å². The van der Waals surface area contributed by atoms with Crippen LogP contribution >= 0.6 is 15.9 Å². The highest BCUT2D eigenvalue weighted by molar-refractivity contribution is 9.10. The van der Waals surface area contributed by atoms with Gasteiger partial charge in [0.1, 0.15) is 0 Å². The number of aryl methyl sites for hydroxylation is 1. The second kappa shape index (κ2) is 5.79. The van der Waals surface area contributed by atoms with Crippen molar-refractivity contribution in [3.05, 3.63) is 51.3 Å². The van der Waals surface area contributed by atoms with Crippen LogP contribution in [0.2, 0.25) is 0 Å². The average Bonchev–Trinajstić information content (AvgIpc) is 2.66. The fraction of sp³-hybridized carbons (Fsp3) is 0.333. The molecule has 0 amide bonds. The molecule has 2 rings (SSSR count). The molecular weight excluding hydrogens is 320 g/mol. The van der Waals surface area contributed by atoms with Crippen LogP contribution < -0.4 is 0 Å². The molecule has 0 bridgehead atoms. The van der Waals surface area contributed by atoms with Gasteiger partial charge in [0.25, 0.3) is 0 Å². The molecule has 0 aliphatic rings. The second-order valence-electron chi connectivity index (χ2n) is 4.89. The molecule has 1 heterocycles. The maximum atomic E-state index is 11.2. The molecule has 1 aromatic carbocycles. The van der Waals surface area contributed by atoms with Crippen LogP contribution in [0.15, 0.2) is 28.7 Å². The molecule has 0 radical (unpaired) electrons. The zero-order valence-electron chi connectivity index (χ0n) is 11.7. The van der Waals surface area contributed by atoms with Gasteiger partial charge in [0.2, 0.25) is 0 Å². The highest BCUT2D eigenvalue weighted by atomic mass is 79.9. The lowest BCUT2D eigenvalue weighted by atomic mass is 9.99. The predicted molar refractivity (Wildman–Crippen MR) is 81.0 cm³/mol.